The average Bonchev–Trinajstić information content (AvgIpc) is 2.85. The van der Waals surface area contributed by atoms with Crippen LogP contribution in [0.1, 0.15) is 31.4 Å². The number of nitrogens with two attached hydrogens (primary N) is 1. The molecule has 2 rings (SSSR count). The zero-order valence-electron chi connectivity index (χ0n) is 11.6. The molecule has 19 heavy (non-hydrogen) atoms. The zero-order valence-corrected chi connectivity index (χ0v) is 11.6. The zero-order chi connectivity index (χ0) is 14.0. The molecule has 0 saturated heterocycles. The number of carbonyl (C=O) groups is 1. The molecule has 0 radical (unpaired) electrons. The van der Waals surface area contributed by atoms with Gasteiger partial charge in [0.15, 0.2) is 0 Å². The molecule has 106 valence electrons. The summed E-state index contributed by atoms with van der Waals surface area (Å²) in [5.41, 5.74) is 4.77. The van der Waals surface area contributed by atoms with Gasteiger partial charge >= 0.3 is 0 Å². The van der Waals surface area contributed by atoms with Crippen molar-refractivity contribution in [3.05, 3.63) is 17.9 Å². The first kappa shape index (κ1) is 14.1. The Morgan fingerprint density at radius 1 is 1.53 bits per heavy atom. The molecule has 1 saturated carbocycles. The monoisotopic (exact) mass is 266 g/mol. The second-order valence-electron chi connectivity index (χ2n) is 5.48. The van der Waals surface area contributed by atoms with Gasteiger partial charge in [0, 0.05) is 25.6 Å². The first-order valence-corrected chi connectivity index (χ1v) is 6.72. The van der Waals surface area contributed by atoms with Crippen LogP contribution in [0.4, 0.5) is 5.88 Å². The summed E-state index contributed by atoms with van der Waals surface area (Å²) in [6.07, 6.45) is 2.53. The number of hydrogen-bond donors (Lipinski definition) is 2. The van der Waals surface area contributed by atoms with Crippen LogP contribution in [0, 0.1) is 12.8 Å². The van der Waals surface area contributed by atoms with Crippen molar-refractivity contribution in [2.45, 2.75) is 38.2 Å². The van der Waals surface area contributed by atoms with E-state index >= 15 is 0 Å². The molecule has 0 unspecified atom stereocenters. The minimum absolute atomic E-state index is 0.0495. The maximum atomic E-state index is 12.4. The Labute approximate surface area is 113 Å². The van der Waals surface area contributed by atoms with Crippen LogP contribution in [0.2, 0.25) is 0 Å². The lowest BCUT2D eigenvalue weighted by Gasteiger charge is -2.35. The van der Waals surface area contributed by atoms with Gasteiger partial charge in [-0.3, -0.25) is 9.69 Å². The fourth-order valence-electron chi connectivity index (χ4n) is 2.59. The molecule has 1 aromatic heterocycles. The van der Waals surface area contributed by atoms with Gasteiger partial charge in [-0.05, 0) is 38.7 Å². The van der Waals surface area contributed by atoms with Gasteiger partial charge in [-0.1, -0.05) is 0 Å². The molecule has 1 aromatic rings. The first-order valence-electron chi connectivity index (χ1n) is 6.72. The Morgan fingerprint density at radius 3 is 2.63 bits per heavy atom. The minimum Gasteiger partial charge on any atom is -0.445 e. The summed E-state index contributed by atoms with van der Waals surface area (Å²) >= 11 is 0. The predicted molar refractivity (Wildman–Crippen MR) is 72.8 cm³/mol. The lowest BCUT2D eigenvalue weighted by Crippen LogP contribution is -2.44. The SMILES string of the molecule is Cc1ccc(N(C)C(=O)C2CCC(O)(CN)CC2)o1. The van der Waals surface area contributed by atoms with Crippen molar-refractivity contribution in [2.24, 2.45) is 11.7 Å². The van der Waals surface area contributed by atoms with Gasteiger partial charge in [0.25, 0.3) is 0 Å². The van der Waals surface area contributed by atoms with Gasteiger partial charge < -0.3 is 15.3 Å². The third kappa shape index (κ3) is 2.98. The van der Waals surface area contributed by atoms with E-state index in [0.29, 0.717) is 31.6 Å². The highest BCUT2D eigenvalue weighted by atomic mass is 16.4. The van der Waals surface area contributed by atoms with Crippen LogP contribution in [0.15, 0.2) is 16.5 Å². The van der Waals surface area contributed by atoms with E-state index in [4.69, 9.17) is 10.2 Å². The molecule has 0 atom stereocenters. The lowest BCUT2D eigenvalue weighted by molar-refractivity contribution is -0.125. The van der Waals surface area contributed by atoms with Gasteiger partial charge in [0.05, 0.1) is 5.60 Å². The van der Waals surface area contributed by atoms with E-state index in [-0.39, 0.29) is 18.4 Å². The van der Waals surface area contributed by atoms with E-state index in [9.17, 15) is 9.90 Å². The van der Waals surface area contributed by atoms with Crippen LogP contribution in [0.5, 0.6) is 0 Å². The normalized spacial score (nSPS) is 27.3. The van der Waals surface area contributed by atoms with Gasteiger partial charge in [0.1, 0.15) is 5.76 Å². The summed E-state index contributed by atoms with van der Waals surface area (Å²) in [7, 11) is 1.73. The third-order valence-corrected chi connectivity index (χ3v) is 4.03. The van der Waals surface area contributed by atoms with Crippen molar-refractivity contribution in [1.29, 1.82) is 0 Å². The number of furan rings is 1. The number of rotatable bonds is 3. The number of nitrogens with zero attached hydrogens (tertiary/aromatic N) is 1. The molecule has 1 amide bonds. The summed E-state index contributed by atoms with van der Waals surface area (Å²) in [6, 6.07) is 3.64. The molecule has 3 N–H and O–H groups in total. The number of amides is 1. The minimum atomic E-state index is -0.781. The van der Waals surface area contributed by atoms with Crippen LogP contribution < -0.4 is 10.6 Å². The number of aryl methyl sites for hydroxylation is 1. The fourth-order valence-corrected chi connectivity index (χ4v) is 2.59. The topological polar surface area (TPSA) is 79.7 Å². The molecular weight excluding hydrogens is 244 g/mol. The van der Waals surface area contributed by atoms with E-state index in [1.54, 1.807) is 18.0 Å². The second kappa shape index (κ2) is 5.35. The van der Waals surface area contributed by atoms with Crippen molar-refractivity contribution in [2.75, 3.05) is 18.5 Å². The number of aliphatic hydroxyl groups is 1. The van der Waals surface area contributed by atoms with E-state index < -0.39 is 5.60 Å². The van der Waals surface area contributed by atoms with Gasteiger partial charge in [-0.15, -0.1) is 0 Å². The molecule has 0 aromatic carbocycles. The molecule has 1 heterocycles. The largest absolute Gasteiger partial charge is 0.445 e. The molecule has 0 bridgehead atoms. The van der Waals surface area contributed by atoms with Crippen LogP contribution in [0.25, 0.3) is 0 Å². The second-order valence-corrected chi connectivity index (χ2v) is 5.48. The highest BCUT2D eigenvalue weighted by Gasteiger charge is 2.36. The standard InChI is InChI=1S/C14H22N2O3/c1-10-3-4-12(19-10)16(2)13(17)11-5-7-14(18,9-15)8-6-11/h3-4,11,18H,5-9,15H2,1-2H3. The quantitative estimate of drug-likeness (QED) is 0.867. The fraction of sp³-hybridized carbons (Fsp3) is 0.643. The molecule has 0 aliphatic heterocycles. The molecule has 1 aliphatic rings. The maximum absolute atomic E-state index is 12.4. The van der Waals surface area contributed by atoms with Gasteiger partial charge in [-0.25, -0.2) is 0 Å². The summed E-state index contributed by atoms with van der Waals surface area (Å²) in [4.78, 5) is 13.9. The molecule has 5 heteroatoms. The van der Waals surface area contributed by atoms with E-state index in [1.807, 2.05) is 13.0 Å². The number of carbonyl (C=O) groups excluding carboxylic acids is 1. The third-order valence-electron chi connectivity index (χ3n) is 4.03. The molecule has 1 fully saturated rings. The summed E-state index contributed by atoms with van der Waals surface area (Å²) < 4.78 is 5.46. The Hall–Kier alpha value is -1.33. The summed E-state index contributed by atoms with van der Waals surface area (Å²) in [5, 5.41) is 10.1. The Bertz CT molecular complexity index is 447. The van der Waals surface area contributed by atoms with E-state index in [1.165, 1.54) is 0 Å². The van der Waals surface area contributed by atoms with Crippen molar-refractivity contribution < 1.29 is 14.3 Å². The Morgan fingerprint density at radius 2 is 2.16 bits per heavy atom. The van der Waals surface area contributed by atoms with Crippen molar-refractivity contribution in [3.8, 4) is 0 Å². The highest BCUT2D eigenvalue weighted by molar-refractivity contribution is 5.93. The highest BCUT2D eigenvalue weighted by Crippen LogP contribution is 2.33. The van der Waals surface area contributed by atoms with Crippen LogP contribution in [-0.4, -0.2) is 30.2 Å². The summed E-state index contributed by atoms with van der Waals surface area (Å²) in [6.45, 7) is 2.12. The van der Waals surface area contributed by atoms with E-state index in [2.05, 4.69) is 0 Å². The Balaban J connectivity index is 1.98. The smallest absolute Gasteiger partial charge is 0.232 e. The maximum Gasteiger partial charge on any atom is 0.232 e. The van der Waals surface area contributed by atoms with Crippen LogP contribution in [-0.2, 0) is 4.79 Å². The van der Waals surface area contributed by atoms with Crippen molar-refractivity contribution >= 4 is 11.8 Å². The number of hydrogen-bond acceptors (Lipinski definition) is 4. The van der Waals surface area contributed by atoms with Crippen LogP contribution in [0.3, 0.4) is 0 Å². The van der Waals surface area contributed by atoms with Gasteiger partial charge in [-0.2, -0.15) is 0 Å². The van der Waals surface area contributed by atoms with Crippen molar-refractivity contribution in [3.63, 3.8) is 0 Å². The predicted octanol–water partition coefficient (Wildman–Crippen LogP) is 1.43. The average molecular weight is 266 g/mol. The van der Waals surface area contributed by atoms with E-state index in [0.717, 1.165) is 5.76 Å². The van der Waals surface area contributed by atoms with Gasteiger partial charge in [0.2, 0.25) is 11.8 Å². The number of anilines is 1. The van der Waals surface area contributed by atoms with Crippen molar-refractivity contribution in [1.82, 2.24) is 0 Å². The molecule has 1 aliphatic carbocycles. The lowest BCUT2D eigenvalue weighted by atomic mass is 9.78. The molecular formula is C14H22N2O3. The molecule has 5 nitrogen and oxygen atoms in total. The first-order chi connectivity index (χ1) is 8.95. The summed E-state index contributed by atoms with van der Waals surface area (Å²) in [5.74, 6) is 1.36. The molecule has 0 spiro atoms. The Kier molecular flexibility index (Phi) is 3.96. The van der Waals surface area contributed by atoms with Crippen LogP contribution >= 0.6 is 0 Å².